The van der Waals surface area contributed by atoms with E-state index in [2.05, 4.69) is 34.8 Å². The van der Waals surface area contributed by atoms with Crippen LogP contribution >= 0.6 is 11.3 Å². The van der Waals surface area contributed by atoms with Crippen molar-refractivity contribution in [2.75, 3.05) is 33.2 Å². The summed E-state index contributed by atoms with van der Waals surface area (Å²) in [5.41, 5.74) is 0. The number of hydrogen-bond donors (Lipinski definition) is 1. The predicted octanol–water partition coefficient (Wildman–Crippen LogP) is 3.00. The van der Waals surface area contributed by atoms with E-state index in [9.17, 15) is 0 Å². The molecule has 1 aliphatic carbocycles. The summed E-state index contributed by atoms with van der Waals surface area (Å²) >= 11 is 1.86. The molecule has 1 aromatic rings. The van der Waals surface area contributed by atoms with E-state index in [1.165, 1.54) is 50.1 Å². The fraction of sp³-hybridized carbons (Fsp3) is 0.733. The van der Waals surface area contributed by atoms with E-state index in [4.69, 9.17) is 0 Å². The second-order valence-electron chi connectivity index (χ2n) is 5.49. The van der Waals surface area contributed by atoms with Gasteiger partial charge in [0.25, 0.3) is 0 Å². The van der Waals surface area contributed by atoms with Crippen LogP contribution in [0.25, 0.3) is 0 Å². The van der Waals surface area contributed by atoms with E-state index in [1.54, 1.807) is 0 Å². The van der Waals surface area contributed by atoms with Crippen molar-refractivity contribution in [3.05, 3.63) is 22.4 Å². The maximum Gasteiger partial charge on any atom is 0.0104 e. The van der Waals surface area contributed by atoms with Gasteiger partial charge in [0.2, 0.25) is 0 Å². The Kier molecular flexibility index (Phi) is 6.18. The summed E-state index contributed by atoms with van der Waals surface area (Å²) in [6, 6.07) is 4.36. The molecule has 0 bridgehead atoms. The summed E-state index contributed by atoms with van der Waals surface area (Å²) in [7, 11) is 2.26. The van der Waals surface area contributed by atoms with Crippen LogP contribution in [0.3, 0.4) is 0 Å². The SMILES string of the molecule is CN(CCNCCc1cccs1)CC1CCCC1. The average Bonchev–Trinajstić information content (AvgIpc) is 3.01. The third-order valence-corrected chi connectivity index (χ3v) is 4.78. The second kappa shape index (κ2) is 7.93. The van der Waals surface area contributed by atoms with Crippen LogP contribution in [0.1, 0.15) is 30.6 Å². The van der Waals surface area contributed by atoms with E-state index in [0.717, 1.165) is 19.0 Å². The molecule has 1 fully saturated rings. The molecule has 1 heterocycles. The number of likely N-dealkylation sites (N-methyl/N-ethyl adjacent to an activating group) is 1. The number of hydrogen-bond acceptors (Lipinski definition) is 3. The third kappa shape index (κ3) is 5.09. The van der Waals surface area contributed by atoms with Crippen LogP contribution in [0, 0.1) is 5.92 Å². The van der Waals surface area contributed by atoms with Crippen LogP contribution < -0.4 is 5.32 Å². The normalized spacial score (nSPS) is 16.8. The number of nitrogens with zero attached hydrogens (tertiary/aromatic N) is 1. The minimum absolute atomic E-state index is 0.973. The molecule has 18 heavy (non-hydrogen) atoms. The maximum absolute atomic E-state index is 3.54. The molecule has 1 saturated carbocycles. The standard InChI is InChI=1S/C15H26N2S/c1-17(13-14-5-2-3-6-14)11-10-16-9-8-15-7-4-12-18-15/h4,7,12,14,16H,2-3,5-6,8-11,13H2,1H3. The van der Waals surface area contributed by atoms with Gasteiger partial charge in [0.1, 0.15) is 0 Å². The minimum Gasteiger partial charge on any atom is -0.315 e. The largest absolute Gasteiger partial charge is 0.315 e. The summed E-state index contributed by atoms with van der Waals surface area (Å²) < 4.78 is 0. The van der Waals surface area contributed by atoms with Crippen LogP contribution in [0.4, 0.5) is 0 Å². The van der Waals surface area contributed by atoms with Crippen LogP contribution in [0.5, 0.6) is 0 Å². The van der Waals surface area contributed by atoms with Crippen molar-refractivity contribution < 1.29 is 0 Å². The van der Waals surface area contributed by atoms with Gasteiger partial charge in [0.15, 0.2) is 0 Å². The molecule has 1 aliphatic rings. The summed E-state index contributed by atoms with van der Waals surface area (Å²) in [4.78, 5) is 3.98. The van der Waals surface area contributed by atoms with Crippen LogP contribution in [-0.2, 0) is 6.42 Å². The van der Waals surface area contributed by atoms with E-state index >= 15 is 0 Å². The Hall–Kier alpha value is -0.380. The zero-order chi connectivity index (χ0) is 12.6. The Morgan fingerprint density at radius 3 is 2.89 bits per heavy atom. The molecule has 0 radical (unpaired) electrons. The molecule has 0 unspecified atom stereocenters. The van der Waals surface area contributed by atoms with Crippen LogP contribution in [0.2, 0.25) is 0 Å². The highest BCUT2D eigenvalue weighted by Crippen LogP contribution is 2.24. The average molecular weight is 266 g/mol. The smallest absolute Gasteiger partial charge is 0.0104 e. The van der Waals surface area contributed by atoms with E-state index in [1.807, 2.05) is 11.3 Å². The highest BCUT2D eigenvalue weighted by atomic mass is 32.1. The van der Waals surface area contributed by atoms with Crippen molar-refractivity contribution in [3.63, 3.8) is 0 Å². The summed E-state index contributed by atoms with van der Waals surface area (Å²) in [6.07, 6.45) is 6.99. The number of nitrogens with one attached hydrogen (secondary N) is 1. The molecule has 0 aromatic carbocycles. The lowest BCUT2D eigenvalue weighted by Gasteiger charge is -2.20. The molecule has 0 spiro atoms. The molecule has 2 nitrogen and oxygen atoms in total. The summed E-state index contributed by atoms with van der Waals surface area (Å²) in [6.45, 7) is 4.71. The zero-order valence-corrected chi connectivity index (χ0v) is 12.3. The third-order valence-electron chi connectivity index (χ3n) is 3.84. The van der Waals surface area contributed by atoms with Gasteiger partial charge in [-0.15, -0.1) is 11.3 Å². The first-order valence-corrected chi connectivity index (χ1v) is 8.14. The Bertz CT molecular complexity index is 304. The van der Waals surface area contributed by atoms with Gasteiger partial charge in [0, 0.05) is 31.1 Å². The van der Waals surface area contributed by atoms with Crippen molar-refractivity contribution in [1.82, 2.24) is 10.2 Å². The lowest BCUT2D eigenvalue weighted by Crippen LogP contribution is -2.32. The fourth-order valence-electron chi connectivity index (χ4n) is 2.79. The van der Waals surface area contributed by atoms with Gasteiger partial charge in [-0.05, 0) is 43.7 Å². The van der Waals surface area contributed by atoms with Gasteiger partial charge in [0.05, 0.1) is 0 Å². The van der Waals surface area contributed by atoms with Gasteiger partial charge in [-0.3, -0.25) is 0 Å². The molecule has 2 rings (SSSR count). The molecular weight excluding hydrogens is 240 g/mol. The quantitative estimate of drug-likeness (QED) is 0.728. The second-order valence-corrected chi connectivity index (χ2v) is 6.52. The highest BCUT2D eigenvalue weighted by Gasteiger charge is 2.16. The van der Waals surface area contributed by atoms with Crippen LogP contribution in [-0.4, -0.2) is 38.1 Å². The van der Waals surface area contributed by atoms with Crippen molar-refractivity contribution >= 4 is 11.3 Å². The Labute approximate surface area is 115 Å². The number of rotatable bonds is 8. The molecule has 0 atom stereocenters. The Morgan fingerprint density at radius 1 is 1.33 bits per heavy atom. The monoisotopic (exact) mass is 266 g/mol. The first-order valence-electron chi connectivity index (χ1n) is 7.26. The Morgan fingerprint density at radius 2 is 2.17 bits per heavy atom. The lowest BCUT2D eigenvalue weighted by molar-refractivity contribution is 0.278. The lowest BCUT2D eigenvalue weighted by atomic mass is 10.1. The predicted molar refractivity (Wildman–Crippen MR) is 80.3 cm³/mol. The van der Waals surface area contributed by atoms with E-state index in [0.29, 0.717) is 0 Å². The molecule has 0 saturated heterocycles. The van der Waals surface area contributed by atoms with Crippen molar-refractivity contribution in [3.8, 4) is 0 Å². The van der Waals surface area contributed by atoms with Gasteiger partial charge in [-0.1, -0.05) is 18.9 Å². The van der Waals surface area contributed by atoms with E-state index in [-0.39, 0.29) is 0 Å². The highest BCUT2D eigenvalue weighted by molar-refractivity contribution is 7.09. The molecule has 1 aromatic heterocycles. The van der Waals surface area contributed by atoms with E-state index < -0.39 is 0 Å². The summed E-state index contributed by atoms with van der Waals surface area (Å²) in [5, 5.41) is 5.70. The number of thiophene rings is 1. The van der Waals surface area contributed by atoms with Gasteiger partial charge in [-0.25, -0.2) is 0 Å². The summed E-state index contributed by atoms with van der Waals surface area (Å²) in [5.74, 6) is 0.973. The topological polar surface area (TPSA) is 15.3 Å². The van der Waals surface area contributed by atoms with Crippen molar-refractivity contribution in [2.45, 2.75) is 32.1 Å². The maximum atomic E-state index is 3.54. The molecule has 1 N–H and O–H groups in total. The van der Waals surface area contributed by atoms with Gasteiger partial charge < -0.3 is 10.2 Å². The Balaban J connectivity index is 1.47. The van der Waals surface area contributed by atoms with Crippen molar-refractivity contribution in [2.24, 2.45) is 5.92 Å². The molecule has 102 valence electrons. The minimum atomic E-state index is 0.973. The molecule has 0 aliphatic heterocycles. The molecule has 0 amide bonds. The first-order chi connectivity index (χ1) is 8.84. The molecular formula is C15H26N2S. The first kappa shape index (κ1) is 14.0. The van der Waals surface area contributed by atoms with Crippen LogP contribution in [0.15, 0.2) is 17.5 Å². The van der Waals surface area contributed by atoms with Crippen molar-refractivity contribution in [1.29, 1.82) is 0 Å². The fourth-order valence-corrected chi connectivity index (χ4v) is 3.50. The van der Waals surface area contributed by atoms with Gasteiger partial charge >= 0.3 is 0 Å². The molecule has 3 heteroatoms. The zero-order valence-electron chi connectivity index (χ0n) is 11.5. The van der Waals surface area contributed by atoms with Gasteiger partial charge in [-0.2, -0.15) is 0 Å².